The summed E-state index contributed by atoms with van der Waals surface area (Å²) in [7, 11) is 0. The second kappa shape index (κ2) is 5.49. The molecule has 6 nitrogen and oxygen atoms in total. The van der Waals surface area contributed by atoms with Crippen molar-refractivity contribution >= 4 is 23.1 Å². The van der Waals surface area contributed by atoms with E-state index in [1.165, 1.54) is 12.1 Å². The largest absolute Gasteiger partial charge is 0.348 e. The van der Waals surface area contributed by atoms with Crippen LogP contribution in [0.25, 0.3) is 0 Å². The Labute approximate surface area is 110 Å². The van der Waals surface area contributed by atoms with E-state index in [4.69, 9.17) is 11.6 Å². The van der Waals surface area contributed by atoms with Crippen LogP contribution in [0.4, 0.5) is 11.5 Å². The second-order valence-electron chi connectivity index (χ2n) is 4.16. The summed E-state index contributed by atoms with van der Waals surface area (Å²) in [5.41, 5.74) is 0.0179. The van der Waals surface area contributed by atoms with E-state index in [0.29, 0.717) is 5.82 Å². The predicted molar refractivity (Wildman–Crippen MR) is 70.2 cm³/mol. The first-order valence-corrected chi connectivity index (χ1v) is 6.28. The molecule has 0 saturated carbocycles. The smallest absolute Gasteiger partial charge is 0.311 e. The highest BCUT2D eigenvalue weighted by molar-refractivity contribution is 6.29. The second-order valence-corrected chi connectivity index (χ2v) is 4.54. The molecule has 0 bridgehead atoms. The summed E-state index contributed by atoms with van der Waals surface area (Å²) >= 11 is 5.83. The lowest BCUT2D eigenvalue weighted by Gasteiger charge is -2.34. The Morgan fingerprint density at radius 3 is 2.61 bits per heavy atom. The minimum atomic E-state index is -0.412. The molecule has 0 aliphatic carbocycles. The summed E-state index contributed by atoms with van der Waals surface area (Å²) in [5, 5.41) is 11.3. The van der Waals surface area contributed by atoms with E-state index in [2.05, 4.69) is 16.8 Å². The van der Waals surface area contributed by atoms with Crippen molar-refractivity contribution < 1.29 is 4.92 Å². The number of nitrogens with zero attached hydrogens (tertiary/aromatic N) is 4. The van der Waals surface area contributed by atoms with Gasteiger partial charge in [-0.15, -0.1) is 0 Å². The third-order valence-electron chi connectivity index (χ3n) is 3.14. The van der Waals surface area contributed by atoms with Gasteiger partial charge in [-0.1, -0.05) is 18.5 Å². The molecule has 98 valence electrons. The van der Waals surface area contributed by atoms with Gasteiger partial charge in [-0.2, -0.15) is 0 Å². The highest BCUT2D eigenvalue weighted by atomic mass is 35.5. The third-order valence-corrected chi connectivity index (χ3v) is 3.35. The van der Waals surface area contributed by atoms with Gasteiger partial charge in [0.25, 0.3) is 0 Å². The number of piperazine rings is 1. The van der Waals surface area contributed by atoms with Gasteiger partial charge >= 0.3 is 5.69 Å². The fourth-order valence-corrected chi connectivity index (χ4v) is 2.21. The standard InChI is InChI=1S/C11H15ClN4O2/c1-2-14-5-7-15(8-6-14)11-9(16(17)18)3-4-10(12)13-11/h3-4H,2,5-8H2,1H3. The molecule has 0 radical (unpaired) electrons. The average molecular weight is 271 g/mol. The van der Waals surface area contributed by atoms with Crippen LogP contribution in [0.1, 0.15) is 6.92 Å². The predicted octanol–water partition coefficient (Wildman–Crippen LogP) is 1.79. The third kappa shape index (κ3) is 2.70. The number of rotatable bonds is 3. The molecule has 2 rings (SSSR count). The molecule has 1 aromatic heterocycles. The summed E-state index contributed by atoms with van der Waals surface area (Å²) in [6.07, 6.45) is 0. The van der Waals surface area contributed by atoms with E-state index < -0.39 is 4.92 Å². The molecular formula is C11H15ClN4O2. The molecule has 0 N–H and O–H groups in total. The van der Waals surface area contributed by atoms with Crippen molar-refractivity contribution in [3.8, 4) is 0 Å². The van der Waals surface area contributed by atoms with Crippen molar-refractivity contribution in [2.45, 2.75) is 6.92 Å². The monoisotopic (exact) mass is 270 g/mol. The average Bonchev–Trinajstić information content (AvgIpc) is 2.38. The zero-order valence-corrected chi connectivity index (χ0v) is 10.9. The molecule has 2 heterocycles. The first-order valence-electron chi connectivity index (χ1n) is 5.90. The Morgan fingerprint density at radius 1 is 1.39 bits per heavy atom. The van der Waals surface area contributed by atoms with Crippen LogP contribution in [0.2, 0.25) is 5.15 Å². The number of hydrogen-bond donors (Lipinski definition) is 0. The van der Waals surface area contributed by atoms with E-state index >= 15 is 0 Å². The van der Waals surface area contributed by atoms with Crippen molar-refractivity contribution in [1.29, 1.82) is 0 Å². The van der Waals surface area contributed by atoms with Gasteiger partial charge in [0.05, 0.1) is 4.92 Å². The normalized spacial score (nSPS) is 16.9. The summed E-state index contributed by atoms with van der Waals surface area (Å²) in [5.74, 6) is 0.378. The van der Waals surface area contributed by atoms with Gasteiger partial charge < -0.3 is 9.80 Å². The molecule has 18 heavy (non-hydrogen) atoms. The Hall–Kier alpha value is -1.40. The Bertz CT molecular complexity index is 447. The van der Waals surface area contributed by atoms with Gasteiger partial charge in [0.2, 0.25) is 5.82 Å². The van der Waals surface area contributed by atoms with E-state index in [9.17, 15) is 10.1 Å². The maximum absolute atomic E-state index is 11.0. The lowest BCUT2D eigenvalue weighted by Crippen LogP contribution is -2.46. The first-order chi connectivity index (χ1) is 8.61. The Kier molecular flexibility index (Phi) is 3.98. The van der Waals surface area contributed by atoms with Gasteiger partial charge in [-0.25, -0.2) is 4.98 Å². The highest BCUT2D eigenvalue weighted by Crippen LogP contribution is 2.28. The Morgan fingerprint density at radius 2 is 2.06 bits per heavy atom. The van der Waals surface area contributed by atoms with E-state index in [1.54, 1.807) is 0 Å². The van der Waals surface area contributed by atoms with Gasteiger partial charge in [0.15, 0.2) is 0 Å². The number of aromatic nitrogens is 1. The lowest BCUT2D eigenvalue weighted by molar-refractivity contribution is -0.384. The summed E-state index contributed by atoms with van der Waals surface area (Å²) in [4.78, 5) is 18.9. The molecule has 1 saturated heterocycles. The molecule has 1 aliphatic heterocycles. The number of likely N-dealkylation sites (N-methyl/N-ethyl adjacent to an activating group) is 1. The fraction of sp³-hybridized carbons (Fsp3) is 0.545. The summed E-state index contributed by atoms with van der Waals surface area (Å²) in [6.45, 7) is 6.36. The topological polar surface area (TPSA) is 62.5 Å². The van der Waals surface area contributed by atoms with Gasteiger partial charge in [-0.3, -0.25) is 10.1 Å². The number of hydrogen-bond acceptors (Lipinski definition) is 5. The van der Waals surface area contributed by atoms with Crippen LogP contribution in [-0.2, 0) is 0 Å². The van der Waals surface area contributed by atoms with Gasteiger partial charge in [-0.05, 0) is 12.6 Å². The molecule has 0 aromatic carbocycles. The molecule has 1 aromatic rings. The number of halogens is 1. The molecule has 0 unspecified atom stereocenters. The van der Waals surface area contributed by atoms with Crippen LogP contribution >= 0.6 is 11.6 Å². The van der Waals surface area contributed by atoms with Crippen LogP contribution in [0, 0.1) is 10.1 Å². The van der Waals surface area contributed by atoms with Gasteiger partial charge in [0, 0.05) is 32.2 Å². The van der Waals surface area contributed by atoms with Gasteiger partial charge in [0.1, 0.15) is 5.15 Å². The minimum absolute atomic E-state index is 0.0179. The number of nitro groups is 1. The van der Waals surface area contributed by atoms with Crippen LogP contribution in [0.15, 0.2) is 12.1 Å². The maximum Gasteiger partial charge on any atom is 0.311 e. The van der Waals surface area contributed by atoms with Crippen LogP contribution in [0.5, 0.6) is 0 Å². The lowest BCUT2D eigenvalue weighted by atomic mass is 10.3. The van der Waals surface area contributed by atoms with Crippen molar-refractivity contribution in [2.75, 3.05) is 37.6 Å². The fourth-order valence-electron chi connectivity index (χ4n) is 2.07. The number of pyridine rings is 1. The van der Waals surface area contributed by atoms with E-state index in [0.717, 1.165) is 32.7 Å². The molecule has 7 heteroatoms. The Balaban J connectivity index is 2.22. The molecule has 1 aliphatic rings. The molecule has 0 atom stereocenters. The van der Waals surface area contributed by atoms with Crippen molar-refractivity contribution in [2.24, 2.45) is 0 Å². The van der Waals surface area contributed by atoms with Crippen LogP contribution < -0.4 is 4.90 Å². The van der Waals surface area contributed by atoms with E-state index in [-0.39, 0.29) is 10.8 Å². The summed E-state index contributed by atoms with van der Waals surface area (Å²) < 4.78 is 0. The minimum Gasteiger partial charge on any atom is -0.348 e. The molecule has 0 amide bonds. The molecule has 1 fully saturated rings. The highest BCUT2D eigenvalue weighted by Gasteiger charge is 2.24. The van der Waals surface area contributed by atoms with Crippen LogP contribution in [-0.4, -0.2) is 47.5 Å². The van der Waals surface area contributed by atoms with Crippen molar-refractivity contribution in [1.82, 2.24) is 9.88 Å². The number of anilines is 1. The first kappa shape index (κ1) is 13.0. The molecule has 0 spiro atoms. The summed E-state index contributed by atoms with van der Waals surface area (Å²) in [6, 6.07) is 2.86. The zero-order chi connectivity index (χ0) is 13.1. The zero-order valence-electron chi connectivity index (χ0n) is 10.2. The SMILES string of the molecule is CCN1CCN(c2nc(Cl)ccc2[N+](=O)[O-])CC1. The van der Waals surface area contributed by atoms with Crippen molar-refractivity contribution in [3.05, 3.63) is 27.4 Å². The maximum atomic E-state index is 11.0. The van der Waals surface area contributed by atoms with E-state index in [1.807, 2.05) is 4.90 Å². The van der Waals surface area contributed by atoms with Crippen molar-refractivity contribution in [3.63, 3.8) is 0 Å². The molecular weight excluding hydrogens is 256 g/mol. The quantitative estimate of drug-likeness (QED) is 0.476. The van der Waals surface area contributed by atoms with Crippen LogP contribution in [0.3, 0.4) is 0 Å².